The topological polar surface area (TPSA) is 60.4 Å². The molecule has 0 unspecified atom stereocenters. The Balaban J connectivity index is 1.84. The lowest BCUT2D eigenvalue weighted by molar-refractivity contribution is -0.118. The van der Waals surface area contributed by atoms with Gasteiger partial charge in [-0.05, 0) is 28.8 Å². The zero-order chi connectivity index (χ0) is 17.7. The summed E-state index contributed by atoms with van der Waals surface area (Å²) in [6, 6.07) is 4.17. The van der Waals surface area contributed by atoms with Crippen molar-refractivity contribution in [3.8, 4) is 11.5 Å². The highest BCUT2D eigenvalue weighted by atomic mass is 16.5. The summed E-state index contributed by atoms with van der Waals surface area (Å²) < 4.78 is 22.3. The number of aliphatic hydroxyl groups is 1. The van der Waals surface area contributed by atoms with Crippen molar-refractivity contribution < 1.29 is 24.1 Å². The Kier molecular flexibility index (Phi) is 4.24. The lowest BCUT2D eigenvalue weighted by Crippen LogP contribution is -2.58. The van der Waals surface area contributed by atoms with Gasteiger partial charge < -0.3 is 24.1 Å². The maximum atomic E-state index is 11.1. The number of benzene rings is 1. The molecular weight excluding hydrogens is 322 g/mol. The van der Waals surface area contributed by atoms with Crippen LogP contribution in [0.15, 0.2) is 23.8 Å². The van der Waals surface area contributed by atoms with Crippen molar-refractivity contribution in [1.29, 1.82) is 0 Å². The summed E-state index contributed by atoms with van der Waals surface area (Å²) in [4.78, 5) is 2.38. The first-order chi connectivity index (χ1) is 12.1. The van der Waals surface area contributed by atoms with E-state index in [1.165, 1.54) is 11.1 Å². The number of fused-ring (bicyclic) bond motifs is 2. The number of hydrogen-bond donors (Lipinski definition) is 1. The average Bonchev–Trinajstić information content (AvgIpc) is 3.05. The van der Waals surface area contributed by atoms with Gasteiger partial charge in [0.15, 0.2) is 11.5 Å². The molecule has 1 aliphatic carbocycles. The Hall–Kier alpha value is -1.60. The van der Waals surface area contributed by atoms with E-state index < -0.39 is 12.2 Å². The van der Waals surface area contributed by atoms with Gasteiger partial charge in [-0.25, -0.2) is 0 Å². The van der Waals surface area contributed by atoms with E-state index >= 15 is 0 Å². The normalized spacial score (nSPS) is 33.5. The van der Waals surface area contributed by atoms with Gasteiger partial charge in [-0.2, -0.15) is 0 Å². The Morgan fingerprint density at radius 3 is 2.40 bits per heavy atom. The third kappa shape index (κ3) is 2.32. The fourth-order valence-corrected chi connectivity index (χ4v) is 4.80. The predicted molar refractivity (Wildman–Crippen MR) is 92.2 cm³/mol. The molecule has 1 fully saturated rings. The van der Waals surface area contributed by atoms with Gasteiger partial charge in [-0.1, -0.05) is 6.08 Å². The lowest BCUT2D eigenvalue weighted by atomic mass is 9.69. The molecule has 0 spiro atoms. The van der Waals surface area contributed by atoms with Gasteiger partial charge in [0.05, 0.1) is 20.3 Å². The van der Waals surface area contributed by atoms with Gasteiger partial charge >= 0.3 is 0 Å². The molecule has 0 bridgehead atoms. The quantitative estimate of drug-likeness (QED) is 0.829. The summed E-state index contributed by atoms with van der Waals surface area (Å²) in [5, 5.41) is 11.1. The number of hydrogen-bond acceptors (Lipinski definition) is 6. The second-order valence-electron chi connectivity index (χ2n) is 6.86. The molecule has 136 valence electrons. The first-order valence-electron chi connectivity index (χ1n) is 8.57. The first-order valence-corrected chi connectivity index (χ1v) is 8.57. The molecule has 0 aromatic heterocycles. The predicted octanol–water partition coefficient (Wildman–Crippen LogP) is 1.32. The van der Waals surface area contributed by atoms with Crippen LogP contribution < -0.4 is 9.47 Å². The van der Waals surface area contributed by atoms with Gasteiger partial charge in [0, 0.05) is 39.3 Å². The second-order valence-corrected chi connectivity index (χ2v) is 6.86. The van der Waals surface area contributed by atoms with Crippen molar-refractivity contribution in [3.63, 3.8) is 0 Å². The van der Waals surface area contributed by atoms with E-state index in [-0.39, 0.29) is 18.1 Å². The third-order valence-corrected chi connectivity index (χ3v) is 5.87. The molecule has 25 heavy (non-hydrogen) atoms. The van der Waals surface area contributed by atoms with Crippen LogP contribution in [0.2, 0.25) is 0 Å². The molecule has 0 saturated heterocycles. The fourth-order valence-electron chi connectivity index (χ4n) is 4.80. The number of methoxy groups -OCH3 is 4. The van der Waals surface area contributed by atoms with Crippen LogP contribution in [-0.2, 0) is 16.0 Å². The van der Waals surface area contributed by atoms with Gasteiger partial charge in [0.25, 0.3) is 0 Å². The number of aliphatic hydroxyl groups excluding tert-OH is 1. The molecule has 4 rings (SSSR count). The number of rotatable bonds is 4. The summed E-state index contributed by atoms with van der Waals surface area (Å²) in [6.45, 7) is 1.67. The van der Waals surface area contributed by atoms with E-state index in [0.717, 1.165) is 24.4 Å². The van der Waals surface area contributed by atoms with Crippen molar-refractivity contribution in [2.24, 2.45) is 0 Å². The van der Waals surface area contributed by atoms with Crippen LogP contribution in [-0.4, -0.2) is 69.3 Å². The van der Waals surface area contributed by atoms with Crippen molar-refractivity contribution in [2.45, 2.75) is 36.8 Å². The highest BCUT2D eigenvalue weighted by Crippen LogP contribution is 2.50. The molecular formula is C19H25NO5. The van der Waals surface area contributed by atoms with Crippen LogP contribution in [0.5, 0.6) is 11.5 Å². The number of ether oxygens (including phenoxy) is 4. The minimum Gasteiger partial charge on any atom is -0.493 e. The lowest BCUT2D eigenvalue weighted by Gasteiger charge is -2.49. The summed E-state index contributed by atoms with van der Waals surface area (Å²) >= 11 is 0. The van der Waals surface area contributed by atoms with E-state index in [0.29, 0.717) is 5.75 Å². The van der Waals surface area contributed by atoms with E-state index in [2.05, 4.69) is 11.0 Å². The summed E-state index contributed by atoms with van der Waals surface area (Å²) in [5.41, 5.74) is 3.49. The van der Waals surface area contributed by atoms with Crippen molar-refractivity contribution in [3.05, 3.63) is 34.9 Å². The van der Waals surface area contributed by atoms with Crippen molar-refractivity contribution >= 4 is 0 Å². The second kappa shape index (κ2) is 6.29. The highest BCUT2D eigenvalue weighted by molar-refractivity contribution is 5.53. The smallest absolute Gasteiger partial charge is 0.161 e. The van der Waals surface area contributed by atoms with Crippen LogP contribution in [0.25, 0.3) is 0 Å². The van der Waals surface area contributed by atoms with Crippen LogP contribution in [0.3, 0.4) is 0 Å². The van der Waals surface area contributed by atoms with E-state index in [1.807, 2.05) is 12.1 Å². The van der Waals surface area contributed by atoms with Crippen LogP contribution in [0.4, 0.5) is 0 Å². The fraction of sp³-hybridized carbons (Fsp3) is 0.579. The van der Waals surface area contributed by atoms with E-state index in [4.69, 9.17) is 18.9 Å². The van der Waals surface area contributed by atoms with Gasteiger partial charge in [0.1, 0.15) is 12.2 Å². The SMILES string of the molecule is COc1cc2c(cc1OC)[C@@H]1[C@H](O)[C@@H](OC)[C@H](OC)C3=CCN(C2)[C@H]31. The molecule has 1 saturated carbocycles. The van der Waals surface area contributed by atoms with E-state index in [1.54, 1.807) is 28.4 Å². The largest absolute Gasteiger partial charge is 0.493 e. The summed E-state index contributed by atoms with van der Waals surface area (Å²) in [6.07, 6.45) is 0.962. The molecule has 1 aromatic carbocycles. The zero-order valence-corrected chi connectivity index (χ0v) is 15.1. The van der Waals surface area contributed by atoms with Crippen molar-refractivity contribution in [1.82, 2.24) is 4.90 Å². The van der Waals surface area contributed by atoms with Gasteiger partial charge in [-0.15, -0.1) is 0 Å². The molecule has 2 aliphatic heterocycles. The molecule has 1 aromatic rings. The maximum absolute atomic E-state index is 11.1. The molecule has 0 amide bonds. The number of nitrogens with zero attached hydrogens (tertiary/aromatic N) is 1. The minimum atomic E-state index is -0.658. The molecule has 3 aliphatic rings. The molecule has 1 N–H and O–H groups in total. The Bertz CT molecular complexity index is 703. The summed E-state index contributed by atoms with van der Waals surface area (Å²) in [7, 11) is 6.59. The van der Waals surface area contributed by atoms with Gasteiger partial charge in [0.2, 0.25) is 0 Å². The minimum absolute atomic E-state index is 0.0753. The molecule has 6 nitrogen and oxygen atoms in total. The summed E-state index contributed by atoms with van der Waals surface area (Å²) in [5.74, 6) is 1.33. The zero-order valence-electron chi connectivity index (χ0n) is 15.1. The molecule has 6 heteroatoms. The average molecular weight is 347 g/mol. The maximum Gasteiger partial charge on any atom is 0.161 e. The Labute approximate surface area is 147 Å². The highest BCUT2D eigenvalue weighted by Gasteiger charge is 2.54. The van der Waals surface area contributed by atoms with Crippen molar-refractivity contribution in [2.75, 3.05) is 35.0 Å². The molecule has 0 radical (unpaired) electrons. The third-order valence-electron chi connectivity index (χ3n) is 5.87. The van der Waals surface area contributed by atoms with Gasteiger partial charge in [-0.3, -0.25) is 4.90 Å². The Morgan fingerprint density at radius 2 is 1.76 bits per heavy atom. The first kappa shape index (κ1) is 16.8. The molecule has 5 atom stereocenters. The van der Waals surface area contributed by atoms with Crippen LogP contribution in [0.1, 0.15) is 17.0 Å². The Morgan fingerprint density at radius 1 is 1.04 bits per heavy atom. The standard InChI is InChI=1S/C19H25NO5/c1-22-13-7-10-9-20-6-5-11-16(20)15(12(10)8-14(13)23-2)17(21)19(25-4)18(11)24-3/h5,7-8,15-19,21H,6,9H2,1-4H3/t15-,16+,17-,18+,19+/m0/s1. The van der Waals surface area contributed by atoms with E-state index in [9.17, 15) is 5.11 Å². The van der Waals surface area contributed by atoms with Crippen LogP contribution >= 0.6 is 0 Å². The monoisotopic (exact) mass is 347 g/mol. The molecule has 2 heterocycles. The van der Waals surface area contributed by atoms with Crippen LogP contribution in [0, 0.1) is 0 Å².